The standard InChI is InChI=1S/C22H23FN2O4/c1-28-20-10-7-15(13-21(20)29-2)11-12-25-22(27)17(14-24)19(26)9-8-16-5-3-4-6-18(16)23/h3-7,10,13,17H,8-9,11-12H2,1-2H3,(H,25,27). The number of ether oxygens (including phenoxy) is 2. The molecule has 0 aliphatic rings. The monoisotopic (exact) mass is 398 g/mol. The van der Waals surface area contributed by atoms with Gasteiger partial charge in [0.25, 0.3) is 0 Å². The van der Waals surface area contributed by atoms with Crippen LogP contribution in [-0.2, 0) is 22.4 Å². The van der Waals surface area contributed by atoms with Crippen LogP contribution in [0.1, 0.15) is 17.5 Å². The predicted molar refractivity (Wildman–Crippen MR) is 105 cm³/mol. The predicted octanol–water partition coefficient (Wildman–Crippen LogP) is 2.84. The van der Waals surface area contributed by atoms with Crippen molar-refractivity contribution in [3.63, 3.8) is 0 Å². The Kier molecular flexibility index (Phi) is 8.16. The molecule has 0 fully saturated rings. The number of halogens is 1. The van der Waals surface area contributed by atoms with Gasteiger partial charge in [-0.15, -0.1) is 0 Å². The quantitative estimate of drug-likeness (QED) is 0.622. The van der Waals surface area contributed by atoms with Crippen molar-refractivity contribution in [2.24, 2.45) is 5.92 Å². The van der Waals surface area contributed by atoms with Gasteiger partial charge in [-0.2, -0.15) is 5.26 Å². The molecule has 1 N–H and O–H groups in total. The highest BCUT2D eigenvalue weighted by molar-refractivity contribution is 6.03. The second-order valence-corrected chi connectivity index (χ2v) is 6.35. The van der Waals surface area contributed by atoms with E-state index < -0.39 is 23.4 Å². The maximum absolute atomic E-state index is 13.6. The molecule has 2 aromatic rings. The maximum atomic E-state index is 13.6. The van der Waals surface area contributed by atoms with Crippen LogP contribution in [0.2, 0.25) is 0 Å². The molecule has 29 heavy (non-hydrogen) atoms. The Hall–Kier alpha value is -3.40. The van der Waals surface area contributed by atoms with Gasteiger partial charge in [-0.1, -0.05) is 24.3 Å². The minimum absolute atomic E-state index is 0.0811. The van der Waals surface area contributed by atoms with E-state index in [0.717, 1.165) is 5.56 Å². The van der Waals surface area contributed by atoms with Crippen LogP contribution in [0.15, 0.2) is 42.5 Å². The van der Waals surface area contributed by atoms with E-state index >= 15 is 0 Å². The van der Waals surface area contributed by atoms with E-state index in [1.165, 1.54) is 13.2 Å². The van der Waals surface area contributed by atoms with E-state index in [0.29, 0.717) is 23.5 Å². The first-order chi connectivity index (χ1) is 14.0. The number of nitrogens with zero attached hydrogens (tertiary/aromatic N) is 1. The summed E-state index contributed by atoms with van der Waals surface area (Å²) in [5.74, 6) is -1.81. The molecule has 152 valence electrons. The van der Waals surface area contributed by atoms with Crippen molar-refractivity contribution in [1.82, 2.24) is 5.32 Å². The number of nitriles is 1. The molecule has 0 saturated heterocycles. The molecule has 0 aromatic heterocycles. The number of aryl methyl sites for hydroxylation is 1. The summed E-state index contributed by atoms with van der Waals surface area (Å²) < 4.78 is 24.1. The first-order valence-electron chi connectivity index (χ1n) is 9.14. The zero-order valence-corrected chi connectivity index (χ0v) is 16.4. The Morgan fingerprint density at radius 1 is 1.10 bits per heavy atom. The lowest BCUT2D eigenvalue weighted by atomic mass is 9.98. The molecule has 0 bridgehead atoms. The molecule has 1 amide bonds. The van der Waals surface area contributed by atoms with Gasteiger partial charge in [-0.3, -0.25) is 9.59 Å². The average molecular weight is 398 g/mol. The highest BCUT2D eigenvalue weighted by Gasteiger charge is 2.25. The summed E-state index contributed by atoms with van der Waals surface area (Å²) in [6, 6.07) is 13.3. The Labute approximate surface area is 169 Å². The third kappa shape index (κ3) is 6.04. The van der Waals surface area contributed by atoms with Gasteiger partial charge in [0.15, 0.2) is 23.2 Å². The molecule has 2 rings (SSSR count). The summed E-state index contributed by atoms with van der Waals surface area (Å²) in [4.78, 5) is 24.5. The van der Waals surface area contributed by atoms with E-state index in [1.54, 1.807) is 43.5 Å². The van der Waals surface area contributed by atoms with Crippen LogP contribution in [0.5, 0.6) is 11.5 Å². The molecular formula is C22H23FN2O4. The fourth-order valence-electron chi connectivity index (χ4n) is 2.85. The number of nitrogens with one attached hydrogen (secondary N) is 1. The number of benzene rings is 2. The third-order valence-corrected chi connectivity index (χ3v) is 4.47. The maximum Gasteiger partial charge on any atom is 0.245 e. The van der Waals surface area contributed by atoms with Crippen molar-refractivity contribution in [2.45, 2.75) is 19.3 Å². The number of methoxy groups -OCH3 is 2. The van der Waals surface area contributed by atoms with Gasteiger partial charge in [0, 0.05) is 13.0 Å². The van der Waals surface area contributed by atoms with Crippen molar-refractivity contribution in [3.05, 3.63) is 59.4 Å². The molecule has 7 heteroatoms. The molecule has 2 aromatic carbocycles. The summed E-state index contributed by atoms with van der Waals surface area (Å²) in [7, 11) is 3.08. The van der Waals surface area contributed by atoms with Crippen LogP contribution in [-0.4, -0.2) is 32.5 Å². The number of hydrogen-bond acceptors (Lipinski definition) is 5. The normalized spacial score (nSPS) is 11.2. The van der Waals surface area contributed by atoms with Crippen molar-refractivity contribution < 1.29 is 23.5 Å². The van der Waals surface area contributed by atoms with E-state index in [2.05, 4.69) is 5.32 Å². The van der Waals surface area contributed by atoms with E-state index in [1.807, 2.05) is 6.07 Å². The zero-order valence-electron chi connectivity index (χ0n) is 16.4. The van der Waals surface area contributed by atoms with E-state index in [-0.39, 0.29) is 19.4 Å². The number of carbonyl (C=O) groups excluding carboxylic acids is 2. The van der Waals surface area contributed by atoms with Crippen LogP contribution in [0.25, 0.3) is 0 Å². The molecule has 0 aliphatic heterocycles. The number of carbonyl (C=O) groups is 2. The Morgan fingerprint density at radius 2 is 1.83 bits per heavy atom. The Balaban J connectivity index is 1.87. The summed E-state index contributed by atoms with van der Waals surface area (Å²) in [5.41, 5.74) is 1.29. The van der Waals surface area contributed by atoms with Crippen LogP contribution in [0.4, 0.5) is 4.39 Å². The number of hydrogen-bond donors (Lipinski definition) is 1. The van der Waals surface area contributed by atoms with Crippen molar-refractivity contribution in [2.75, 3.05) is 20.8 Å². The smallest absolute Gasteiger partial charge is 0.245 e. The van der Waals surface area contributed by atoms with E-state index in [4.69, 9.17) is 9.47 Å². The van der Waals surface area contributed by atoms with Crippen molar-refractivity contribution in [1.29, 1.82) is 5.26 Å². The topological polar surface area (TPSA) is 88.4 Å². The highest BCUT2D eigenvalue weighted by atomic mass is 19.1. The second kappa shape index (κ2) is 10.8. The van der Waals surface area contributed by atoms with Crippen LogP contribution < -0.4 is 14.8 Å². The van der Waals surface area contributed by atoms with Gasteiger partial charge in [0.05, 0.1) is 20.3 Å². The third-order valence-electron chi connectivity index (χ3n) is 4.47. The van der Waals surface area contributed by atoms with Crippen molar-refractivity contribution in [3.8, 4) is 17.6 Å². The first-order valence-corrected chi connectivity index (χ1v) is 9.14. The molecule has 0 heterocycles. The first kappa shape index (κ1) is 21.9. The summed E-state index contributed by atoms with van der Waals surface area (Å²) in [6.07, 6.45) is 0.554. The fraction of sp³-hybridized carbons (Fsp3) is 0.318. The lowest BCUT2D eigenvalue weighted by Crippen LogP contribution is -2.35. The summed E-state index contributed by atoms with van der Waals surface area (Å²) >= 11 is 0. The van der Waals surface area contributed by atoms with Crippen LogP contribution >= 0.6 is 0 Å². The lowest BCUT2D eigenvalue weighted by Gasteiger charge is -2.11. The lowest BCUT2D eigenvalue weighted by molar-refractivity contribution is -0.131. The number of Topliss-reactive ketones (excluding diaryl/α,β-unsaturated/α-hetero) is 1. The molecular weight excluding hydrogens is 375 g/mol. The molecule has 0 spiro atoms. The molecule has 1 unspecified atom stereocenters. The number of rotatable bonds is 10. The van der Waals surface area contributed by atoms with Gasteiger partial charge >= 0.3 is 0 Å². The molecule has 0 aliphatic carbocycles. The van der Waals surface area contributed by atoms with Gasteiger partial charge in [0.2, 0.25) is 5.91 Å². The van der Waals surface area contributed by atoms with Gasteiger partial charge in [0.1, 0.15) is 5.82 Å². The summed E-state index contributed by atoms with van der Waals surface area (Å²) in [5, 5.41) is 11.8. The SMILES string of the molecule is COc1ccc(CCNC(=O)C(C#N)C(=O)CCc2ccccc2F)cc1OC. The Bertz CT molecular complexity index is 908. The van der Waals surface area contributed by atoms with Gasteiger partial charge in [-0.05, 0) is 42.2 Å². The number of amides is 1. The summed E-state index contributed by atoms with van der Waals surface area (Å²) in [6.45, 7) is 0.257. The Morgan fingerprint density at radius 3 is 2.48 bits per heavy atom. The highest BCUT2D eigenvalue weighted by Crippen LogP contribution is 2.27. The number of ketones is 1. The minimum Gasteiger partial charge on any atom is -0.493 e. The van der Waals surface area contributed by atoms with E-state index in [9.17, 15) is 19.2 Å². The zero-order chi connectivity index (χ0) is 21.2. The molecule has 6 nitrogen and oxygen atoms in total. The van der Waals surface area contributed by atoms with Crippen LogP contribution in [0, 0.1) is 23.1 Å². The molecule has 0 radical (unpaired) electrons. The van der Waals surface area contributed by atoms with Crippen LogP contribution in [0.3, 0.4) is 0 Å². The fourth-order valence-corrected chi connectivity index (χ4v) is 2.85. The molecule has 1 atom stereocenters. The molecule has 0 saturated carbocycles. The largest absolute Gasteiger partial charge is 0.493 e. The second-order valence-electron chi connectivity index (χ2n) is 6.35. The average Bonchev–Trinajstić information content (AvgIpc) is 2.73. The van der Waals surface area contributed by atoms with Crippen molar-refractivity contribution >= 4 is 11.7 Å². The minimum atomic E-state index is -1.41. The van der Waals surface area contributed by atoms with Gasteiger partial charge < -0.3 is 14.8 Å². The van der Waals surface area contributed by atoms with Gasteiger partial charge in [-0.25, -0.2) is 4.39 Å².